The molecule has 1 N–H and O–H groups in total. The van der Waals surface area contributed by atoms with Gasteiger partial charge >= 0.3 is 5.97 Å². The van der Waals surface area contributed by atoms with Gasteiger partial charge in [0.15, 0.2) is 11.0 Å². The Morgan fingerprint density at radius 1 is 1.53 bits per heavy atom. The Morgan fingerprint density at radius 3 is 2.89 bits per heavy atom. The quantitative estimate of drug-likeness (QED) is 0.836. The van der Waals surface area contributed by atoms with Gasteiger partial charge in [-0.25, -0.2) is 0 Å². The van der Waals surface area contributed by atoms with Gasteiger partial charge in [0, 0.05) is 12.6 Å². The Balaban J connectivity index is 2.20. The van der Waals surface area contributed by atoms with E-state index in [9.17, 15) is 4.79 Å². The number of rotatable bonds is 5. The second kappa shape index (κ2) is 6.38. The van der Waals surface area contributed by atoms with E-state index in [2.05, 4.69) is 10.2 Å². The number of aromatic nitrogens is 3. The maximum absolute atomic E-state index is 10.7. The molecule has 0 aliphatic carbocycles. The lowest BCUT2D eigenvalue weighted by Gasteiger charge is -2.24. The molecule has 1 unspecified atom stereocenters. The van der Waals surface area contributed by atoms with Crippen molar-refractivity contribution in [2.75, 3.05) is 12.4 Å². The highest BCUT2D eigenvalue weighted by atomic mass is 32.2. The first kappa shape index (κ1) is 14.3. The Bertz CT molecular complexity index is 441. The minimum atomic E-state index is -0.848. The maximum atomic E-state index is 10.7. The molecule has 0 saturated carbocycles. The molecule has 1 aromatic rings. The number of nitrogens with zero attached hydrogens (tertiary/aromatic N) is 3. The van der Waals surface area contributed by atoms with E-state index >= 15 is 0 Å². The third kappa shape index (κ3) is 3.48. The average molecular weight is 285 g/mol. The van der Waals surface area contributed by atoms with Gasteiger partial charge in [0.05, 0.1) is 5.75 Å². The van der Waals surface area contributed by atoms with Crippen LogP contribution in [-0.4, -0.2) is 38.2 Å². The van der Waals surface area contributed by atoms with Crippen LogP contribution in [0.15, 0.2) is 5.16 Å². The SMILES string of the molecule is CC(C)n1c(SCC(=O)O)nnc1C1CCCCO1. The van der Waals surface area contributed by atoms with E-state index in [-0.39, 0.29) is 17.9 Å². The van der Waals surface area contributed by atoms with E-state index in [0.29, 0.717) is 5.16 Å². The molecule has 7 heteroatoms. The number of carboxylic acid groups (broad SMARTS) is 1. The predicted molar refractivity (Wildman–Crippen MR) is 71.3 cm³/mol. The van der Waals surface area contributed by atoms with E-state index in [1.54, 1.807) is 0 Å². The number of hydrogen-bond acceptors (Lipinski definition) is 5. The first-order valence-electron chi connectivity index (χ1n) is 6.50. The zero-order valence-electron chi connectivity index (χ0n) is 11.2. The van der Waals surface area contributed by atoms with Crippen LogP contribution in [0.3, 0.4) is 0 Å². The average Bonchev–Trinajstić information content (AvgIpc) is 2.81. The van der Waals surface area contributed by atoms with E-state index in [1.165, 1.54) is 11.8 Å². The molecule has 19 heavy (non-hydrogen) atoms. The van der Waals surface area contributed by atoms with Gasteiger partial charge in [-0.3, -0.25) is 4.79 Å². The summed E-state index contributed by atoms with van der Waals surface area (Å²) in [6.07, 6.45) is 3.16. The Kier molecular flexibility index (Phi) is 4.81. The summed E-state index contributed by atoms with van der Waals surface area (Å²) >= 11 is 1.20. The molecule has 2 rings (SSSR count). The molecule has 0 amide bonds. The first-order chi connectivity index (χ1) is 9.09. The lowest BCUT2D eigenvalue weighted by atomic mass is 10.1. The molecule has 1 aliphatic heterocycles. The van der Waals surface area contributed by atoms with Gasteiger partial charge in [-0.05, 0) is 33.1 Å². The highest BCUT2D eigenvalue weighted by molar-refractivity contribution is 7.99. The molecule has 0 radical (unpaired) electrons. The Hall–Kier alpha value is -1.08. The van der Waals surface area contributed by atoms with Gasteiger partial charge in [-0.2, -0.15) is 0 Å². The van der Waals surface area contributed by atoms with Crippen molar-refractivity contribution in [1.82, 2.24) is 14.8 Å². The minimum absolute atomic E-state index is 0.00359. The molecule has 0 bridgehead atoms. The molecule has 0 spiro atoms. The summed E-state index contributed by atoms with van der Waals surface area (Å²) < 4.78 is 7.73. The van der Waals surface area contributed by atoms with Crippen molar-refractivity contribution in [3.63, 3.8) is 0 Å². The summed E-state index contributed by atoms with van der Waals surface area (Å²) in [5, 5.41) is 17.7. The second-order valence-corrected chi connectivity index (χ2v) is 5.78. The van der Waals surface area contributed by atoms with E-state index in [4.69, 9.17) is 9.84 Å². The molecule has 106 valence electrons. The number of hydrogen-bond donors (Lipinski definition) is 1. The molecule has 2 heterocycles. The Morgan fingerprint density at radius 2 is 2.32 bits per heavy atom. The summed E-state index contributed by atoms with van der Waals surface area (Å²) in [5.74, 6) is -0.0301. The normalized spacial score (nSPS) is 19.8. The van der Waals surface area contributed by atoms with Crippen LogP contribution in [0.25, 0.3) is 0 Å². The highest BCUT2D eigenvalue weighted by Gasteiger charge is 2.25. The van der Waals surface area contributed by atoms with E-state index in [0.717, 1.165) is 31.7 Å². The third-order valence-corrected chi connectivity index (χ3v) is 3.93. The van der Waals surface area contributed by atoms with Gasteiger partial charge in [0.2, 0.25) is 0 Å². The van der Waals surface area contributed by atoms with Crippen LogP contribution < -0.4 is 0 Å². The molecule has 1 atom stereocenters. The van der Waals surface area contributed by atoms with Gasteiger partial charge < -0.3 is 14.4 Å². The summed E-state index contributed by atoms with van der Waals surface area (Å²) in [6, 6.07) is 0.187. The van der Waals surface area contributed by atoms with Crippen molar-refractivity contribution in [2.24, 2.45) is 0 Å². The monoisotopic (exact) mass is 285 g/mol. The number of carbonyl (C=O) groups is 1. The molecule has 1 aliphatic rings. The molecule has 0 aromatic carbocycles. The van der Waals surface area contributed by atoms with Crippen LogP contribution in [0.4, 0.5) is 0 Å². The maximum Gasteiger partial charge on any atom is 0.313 e. The summed E-state index contributed by atoms with van der Waals surface area (Å²) in [4.78, 5) is 10.7. The standard InChI is InChI=1S/C12H19N3O3S/c1-8(2)15-11(9-5-3-4-6-18-9)13-14-12(15)19-7-10(16)17/h8-9H,3-7H2,1-2H3,(H,16,17). The molecule has 6 nitrogen and oxygen atoms in total. The fourth-order valence-corrected chi connectivity index (χ4v) is 2.96. The largest absolute Gasteiger partial charge is 0.481 e. The summed E-state index contributed by atoms with van der Waals surface area (Å²) in [5.41, 5.74) is 0. The lowest BCUT2D eigenvalue weighted by molar-refractivity contribution is -0.133. The van der Waals surface area contributed by atoms with Gasteiger partial charge in [-0.1, -0.05) is 11.8 Å². The molecular formula is C12H19N3O3S. The number of aliphatic carboxylic acids is 1. The minimum Gasteiger partial charge on any atom is -0.481 e. The fourth-order valence-electron chi connectivity index (χ4n) is 2.16. The number of carboxylic acids is 1. The van der Waals surface area contributed by atoms with Crippen molar-refractivity contribution in [1.29, 1.82) is 0 Å². The fraction of sp³-hybridized carbons (Fsp3) is 0.750. The van der Waals surface area contributed by atoms with Crippen LogP contribution in [0, 0.1) is 0 Å². The molecule has 1 saturated heterocycles. The smallest absolute Gasteiger partial charge is 0.313 e. The number of thioether (sulfide) groups is 1. The van der Waals surface area contributed by atoms with E-state index < -0.39 is 5.97 Å². The summed E-state index contributed by atoms with van der Waals surface area (Å²) in [6.45, 7) is 4.84. The number of ether oxygens (including phenoxy) is 1. The van der Waals surface area contributed by atoms with Crippen LogP contribution >= 0.6 is 11.8 Å². The topological polar surface area (TPSA) is 77.2 Å². The highest BCUT2D eigenvalue weighted by Crippen LogP contribution is 2.31. The van der Waals surface area contributed by atoms with Crippen molar-refractivity contribution < 1.29 is 14.6 Å². The summed E-state index contributed by atoms with van der Waals surface area (Å²) in [7, 11) is 0. The molecule has 1 fully saturated rings. The van der Waals surface area contributed by atoms with Crippen molar-refractivity contribution in [3.05, 3.63) is 5.82 Å². The van der Waals surface area contributed by atoms with Crippen LogP contribution in [0.2, 0.25) is 0 Å². The van der Waals surface area contributed by atoms with Gasteiger partial charge in [-0.15, -0.1) is 10.2 Å². The second-order valence-electron chi connectivity index (χ2n) is 4.84. The van der Waals surface area contributed by atoms with Crippen LogP contribution in [0.1, 0.15) is 51.1 Å². The van der Waals surface area contributed by atoms with E-state index in [1.807, 2.05) is 18.4 Å². The van der Waals surface area contributed by atoms with Gasteiger partial charge in [0.25, 0.3) is 0 Å². The first-order valence-corrected chi connectivity index (χ1v) is 7.49. The predicted octanol–water partition coefficient (Wildman–Crippen LogP) is 2.28. The third-order valence-electron chi connectivity index (χ3n) is 3.00. The van der Waals surface area contributed by atoms with Crippen molar-refractivity contribution >= 4 is 17.7 Å². The zero-order valence-corrected chi connectivity index (χ0v) is 12.0. The van der Waals surface area contributed by atoms with Crippen molar-refractivity contribution in [2.45, 2.75) is 50.4 Å². The van der Waals surface area contributed by atoms with Gasteiger partial charge in [0.1, 0.15) is 6.10 Å². The molecular weight excluding hydrogens is 266 g/mol. The Labute approximate surface area is 116 Å². The zero-order chi connectivity index (χ0) is 13.8. The lowest BCUT2D eigenvalue weighted by Crippen LogP contribution is -2.18. The van der Waals surface area contributed by atoms with Crippen LogP contribution in [-0.2, 0) is 9.53 Å². The van der Waals surface area contributed by atoms with Crippen LogP contribution in [0.5, 0.6) is 0 Å². The molecule has 1 aromatic heterocycles. The van der Waals surface area contributed by atoms with Crippen molar-refractivity contribution in [3.8, 4) is 0 Å².